The van der Waals surface area contributed by atoms with Gasteiger partial charge in [0.15, 0.2) is 11.6 Å². The van der Waals surface area contributed by atoms with Crippen LogP contribution < -0.4 is 33.1 Å². The number of aliphatic hydroxyl groups is 1. The molecule has 12 aromatic heterocycles. The van der Waals surface area contributed by atoms with Crippen LogP contribution in [0.5, 0.6) is 0 Å². The zero-order valence-electron chi connectivity index (χ0n) is 65.1. The van der Waals surface area contributed by atoms with Gasteiger partial charge in [-0.1, -0.05) is 6.07 Å². The number of Topliss-reactive ketones (excluding diaryl/α,β-unsaturated/α-hetero) is 3. The molecule has 1 atom stereocenters. The van der Waals surface area contributed by atoms with Gasteiger partial charge in [0.1, 0.15) is 28.8 Å². The lowest BCUT2D eigenvalue weighted by Gasteiger charge is -2.33. The molecule has 14 rings (SSSR count). The lowest BCUT2D eigenvalue weighted by molar-refractivity contribution is -0.254. The van der Waals surface area contributed by atoms with Crippen molar-refractivity contribution in [2.24, 2.45) is 10.9 Å². The normalized spacial score (nSPS) is 12.6. The van der Waals surface area contributed by atoms with Crippen molar-refractivity contribution in [2.45, 2.75) is 63.3 Å². The van der Waals surface area contributed by atoms with E-state index in [4.69, 9.17) is 22.6 Å². The summed E-state index contributed by atoms with van der Waals surface area (Å²) in [4.78, 5) is 90.9. The van der Waals surface area contributed by atoms with Gasteiger partial charge in [-0.05, 0) is 159 Å². The maximum absolute atomic E-state index is 13.6. The summed E-state index contributed by atoms with van der Waals surface area (Å²) in [5, 5.41) is 33.8. The van der Waals surface area contributed by atoms with Crippen LogP contribution in [0.15, 0.2) is 250 Å². The van der Waals surface area contributed by atoms with Crippen molar-refractivity contribution < 1.29 is 117 Å². The molecule has 0 spiro atoms. The van der Waals surface area contributed by atoms with E-state index in [1.54, 1.807) is 60.9 Å². The predicted octanol–water partition coefficient (Wildman–Crippen LogP) is 15.5. The van der Waals surface area contributed by atoms with Crippen LogP contribution >= 0.6 is 0 Å². The van der Waals surface area contributed by atoms with Crippen molar-refractivity contribution in [1.29, 1.82) is 5.26 Å². The summed E-state index contributed by atoms with van der Waals surface area (Å²) in [7, 11) is 0. The Balaban J connectivity index is 0.000000211. The number of hydrazone groups is 1. The highest BCUT2D eigenvalue weighted by Gasteiger charge is 2.62. The summed E-state index contributed by atoms with van der Waals surface area (Å²) in [5.41, 5.74) is 11.0. The molecule has 128 heavy (non-hydrogen) atoms. The fourth-order valence-corrected chi connectivity index (χ4v) is 9.69. The number of esters is 1. The summed E-state index contributed by atoms with van der Waals surface area (Å²) >= 11 is 0. The first-order chi connectivity index (χ1) is 60.3. The lowest BCUT2D eigenvalue weighted by Crippen LogP contribution is -2.55. The van der Waals surface area contributed by atoms with Crippen LogP contribution in [0.3, 0.4) is 0 Å². The molecule has 1 aliphatic heterocycles. The van der Waals surface area contributed by atoms with E-state index in [-0.39, 0.29) is 74.9 Å². The van der Waals surface area contributed by atoms with E-state index in [9.17, 15) is 112 Å². The number of anilines is 5. The number of benzene rings is 1. The molecule has 1 aromatic carbocycles. The number of alkyl halides is 15. The van der Waals surface area contributed by atoms with E-state index in [0.717, 1.165) is 59.7 Å². The Morgan fingerprint density at radius 1 is 0.523 bits per heavy atom. The van der Waals surface area contributed by atoms with Crippen LogP contribution in [0.4, 0.5) is 112 Å². The maximum atomic E-state index is 13.6. The number of hydrogen-bond donors (Lipinski definition) is 6. The summed E-state index contributed by atoms with van der Waals surface area (Å²) < 4.78 is 245. The highest BCUT2D eigenvalue weighted by molar-refractivity contribution is 6.09. The van der Waals surface area contributed by atoms with Gasteiger partial charge in [-0.25, -0.2) is 48.5 Å². The number of halogens is 19. The molecule has 0 saturated carbocycles. The molecule has 666 valence electrons. The summed E-state index contributed by atoms with van der Waals surface area (Å²) in [5.74, 6) is -3.13. The molecule has 0 bridgehead atoms. The number of nitrogens with one attached hydrogen (secondary N) is 2. The number of pyridine rings is 10. The number of ether oxygens (including phenoxy) is 1. The van der Waals surface area contributed by atoms with Gasteiger partial charge in [-0.2, -0.15) is 99.6 Å². The zero-order valence-corrected chi connectivity index (χ0v) is 65.1. The van der Waals surface area contributed by atoms with Gasteiger partial charge in [-0.15, -0.1) is 0 Å². The first kappa shape index (κ1) is 99.1. The second-order valence-electron chi connectivity index (χ2n) is 24.9. The highest BCUT2D eigenvalue weighted by atomic mass is 19.4. The van der Waals surface area contributed by atoms with Crippen LogP contribution in [-0.4, -0.2) is 140 Å². The van der Waals surface area contributed by atoms with Gasteiger partial charge in [0.2, 0.25) is 23.6 Å². The Morgan fingerprint density at radius 2 is 1.00 bits per heavy atom. The van der Waals surface area contributed by atoms with Gasteiger partial charge in [-0.3, -0.25) is 49.9 Å². The molecule has 1 aliphatic rings. The Bertz CT molecular complexity index is 5850. The van der Waals surface area contributed by atoms with Crippen molar-refractivity contribution in [3.8, 4) is 40.0 Å². The Labute approximate surface area is 708 Å². The van der Waals surface area contributed by atoms with Crippen LogP contribution in [0.25, 0.3) is 33.9 Å². The first-order valence-electron chi connectivity index (χ1n) is 35.5. The Hall–Kier alpha value is -16.0. The van der Waals surface area contributed by atoms with Crippen LogP contribution in [-0.2, 0) is 26.7 Å². The van der Waals surface area contributed by atoms with E-state index >= 15 is 0 Å². The third-order valence-corrected chi connectivity index (χ3v) is 15.7. The van der Waals surface area contributed by atoms with E-state index < -0.39 is 108 Å². The lowest BCUT2D eigenvalue weighted by atomic mass is 10.0. The summed E-state index contributed by atoms with van der Waals surface area (Å²) in [6.07, 6.45) is -5.76. The number of nitrogens with zero attached hydrogens (tertiary/aromatic N) is 17. The minimum atomic E-state index is -4.98. The van der Waals surface area contributed by atoms with Crippen molar-refractivity contribution >= 4 is 63.6 Å². The minimum Gasteiger partial charge on any atom is -0.459 e. The molecular formula is C80H61F19N22O7. The number of carbonyl (C=O) groups excluding carboxylic acids is 5. The van der Waals surface area contributed by atoms with Gasteiger partial charge < -0.3 is 32.1 Å². The fraction of sp³-hybridized carbons (Fsp3) is 0.138. The second-order valence-corrected chi connectivity index (χ2v) is 24.9. The average molecular weight is 1800 g/mol. The van der Waals surface area contributed by atoms with Crippen molar-refractivity contribution in [2.75, 3.05) is 33.8 Å². The topological polar surface area (TPSA) is 421 Å². The van der Waals surface area contributed by atoms with Crippen molar-refractivity contribution in [3.05, 3.63) is 307 Å². The predicted molar refractivity (Wildman–Crippen MR) is 418 cm³/mol. The number of aromatic nitrogens is 14. The van der Waals surface area contributed by atoms with Crippen LogP contribution in [0.2, 0.25) is 0 Å². The Morgan fingerprint density at radius 3 is 1.38 bits per heavy atom. The highest BCUT2D eigenvalue weighted by Crippen LogP contribution is 2.44. The number of nitrogen functional groups attached to an aromatic ring is 3. The number of ketones is 3. The number of hydrazine groups is 1. The number of rotatable bonds is 14. The third kappa shape index (κ3) is 29.9. The zero-order chi connectivity index (χ0) is 94.3. The molecule has 1 amide bonds. The molecule has 0 saturated heterocycles. The number of nitriles is 1. The minimum absolute atomic E-state index is 0.00454. The first-order valence-corrected chi connectivity index (χ1v) is 35.5. The van der Waals surface area contributed by atoms with E-state index in [1.807, 2.05) is 0 Å². The maximum Gasteiger partial charge on any atom is 0.490 e. The van der Waals surface area contributed by atoms with Gasteiger partial charge in [0, 0.05) is 95.3 Å². The molecule has 1 unspecified atom stereocenters. The number of amides is 1. The second kappa shape index (κ2) is 44.9. The molecule has 13 heterocycles. The average Bonchev–Trinajstić information content (AvgIpc) is 1.60. The number of nitrogens with two attached hydrogens (primary N) is 3. The largest absolute Gasteiger partial charge is 0.490 e. The number of carbonyl (C=O) groups is 5. The summed E-state index contributed by atoms with van der Waals surface area (Å²) in [6.45, 7) is 2.58. The quantitative estimate of drug-likeness (QED) is 0.0112. The van der Waals surface area contributed by atoms with Crippen molar-refractivity contribution in [1.82, 2.24) is 69.4 Å². The SMILES string of the molecule is CC(=O)c1cccnc1.CCOC(=O)C(F)(F)F.N#Cc1cc(F)cc(C(=O)Nc2ccc(-n3nc(-c4cccnc4)cc3C(F)(F)F)cn2)c1.NNc1ccc(F)nc1.Nc1ccc(-n2nc(-c3cccnc3)cc2C(F)(F)F)cn1.Nc1ccc(F)nc1.O=C(CC(=O)C(F)(F)F)c1cccnc1.OC1(C(F)(F)F)CC(c2cccnc2)=NN1c1ccc(F)nc1. The van der Waals surface area contributed by atoms with E-state index in [0.29, 0.717) is 43.3 Å². The molecule has 13 aromatic rings. The molecule has 29 nitrogen and oxygen atoms in total. The molecule has 0 aliphatic carbocycles. The van der Waals surface area contributed by atoms with E-state index in [1.165, 1.54) is 149 Å². The fourth-order valence-electron chi connectivity index (χ4n) is 9.69. The smallest absolute Gasteiger partial charge is 0.459 e. The third-order valence-electron chi connectivity index (χ3n) is 15.7. The standard InChI is InChI=1S/C22H12F4N6O.C14H10F4N4O.C14H10F3N5.C9H6F3NO2.C7H7NO.C5H6FN3.C5H5FN2.C4H5F3O2/c23-16-7-13(10-27)6-15(8-16)21(33)30-20-4-3-17(12-29-20)32-19(22(24,25)26)9-18(31-32)14-2-1-5-28-11-14;15-12-4-3-10(8-20-12)22-13(23,14(16,17)18)6-11(21-22)9-2-1-5-19-7-9;15-14(16,17)12-6-11(9-2-1-5-19-7-9)21-22(12)10-3-4-13(18)20-8-10;10-9(11,12)8(15)4-7(14)6-2-1-3-13-5-6;1-6(9)7-3-2-4-8-5-7;6-5-2-1-4(9-7)3-8-5;6-5-2-1-4(7)3-8-5;1-2-9-3(8)4(5,6)7/h1-9,11-12H,(H,29,30,33);1-5,7-8,23H,6H2;1-8H,(H2,18,20);1-3,5H,4H2;2-5H,1H3;1-3,9H,7H2;1-3H,7H2;2H2,1H3. The molecule has 48 heteroatoms. The molecular weight excluding hydrogens is 1740 g/mol. The van der Waals surface area contributed by atoms with Gasteiger partial charge >= 0.3 is 36.9 Å². The van der Waals surface area contributed by atoms with E-state index in [2.05, 4.69) is 80.6 Å². The van der Waals surface area contributed by atoms with Gasteiger partial charge in [0.25, 0.3) is 11.6 Å². The molecule has 9 N–H and O–H groups in total. The van der Waals surface area contributed by atoms with Crippen molar-refractivity contribution in [3.63, 3.8) is 0 Å². The Kier molecular flexibility index (Phi) is 34.8. The molecule has 0 fully saturated rings. The number of hydrogen-bond acceptors (Lipinski definition) is 26. The summed E-state index contributed by atoms with van der Waals surface area (Å²) in [6, 6.07) is 35.3. The van der Waals surface area contributed by atoms with Gasteiger partial charge in [0.05, 0.1) is 108 Å². The van der Waals surface area contributed by atoms with Crippen LogP contribution in [0, 0.1) is 35.0 Å². The molecule has 0 radical (unpaired) electrons. The monoisotopic (exact) mass is 1800 g/mol. The van der Waals surface area contributed by atoms with Crippen LogP contribution in [0.1, 0.15) is 80.3 Å².